The van der Waals surface area contributed by atoms with E-state index in [0.717, 1.165) is 49.9 Å². The van der Waals surface area contributed by atoms with Crippen molar-refractivity contribution in [2.75, 3.05) is 0 Å². The number of hydrogen-bond acceptors (Lipinski definition) is 3. The molecule has 0 radical (unpaired) electrons. The van der Waals surface area contributed by atoms with Crippen LogP contribution in [0.3, 0.4) is 0 Å². The molecule has 0 atom stereocenters. The van der Waals surface area contributed by atoms with Crippen molar-refractivity contribution in [1.82, 2.24) is 4.57 Å². The molecule has 0 N–H and O–H groups in total. The second-order valence-electron chi connectivity index (χ2n) is 14.1. The average molecular weight is 664 g/mol. The van der Waals surface area contributed by atoms with Crippen LogP contribution in [0.4, 0.5) is 0 Å². The van der Waals surface area contributed by atoms with Crippen molar-refractivity contribution in [3.05, 3.63) is 151 Å². The van der Waals surface area contributed by atoms with Crippen molar-refractivity contribution < 1.29 is 12.8 Å². The van der Waals surface area contributed by atoms with Crippen molar-refractivity contribution in [2.24, 2.45) is 0 Å². The van der Waals surface area contributed by atoms with E-state index in [4.69, 9.17) is 4.42 Å². The standard InChI is InChI=1S/C45H29NO3S/c1-45(2)37-12-6-3-9-29(37)32-24-33-30-10-4-7-13-39(30)46(40(33)25-38(32)45)28-17-19-42-35(23-28)34-21-26(15-18-41(34)49-42)27-16-20-44-36(22-27)31-11-5-8-14-43(31)50(44,47)48/h3-25H,1-2H3. The van der Waals surface area contributed by atoms with Gasteiger partial charge in [-0.2, -0.15) is 0 Å². The lowest BCUT2D eigenvalue weighted by Gasteiger charge is -2.21. The van der Waals surface area contributed by atoms with Crippen LogP contribution in [0.5, 0.6) is 0 Å². The monoisotopic (exact) mass is 663 g/mol. The molecule has 1 aliphatic heterocycles. The van der Waals surface area contributed by atoms with E-state index in [1.165, 1.54) is 44.1 Å². The molecule has 0 saturated carbocycles. The second kappa shape index (κ2) is 9.41. The fourth-order valence-electron chi connectivity index (χ4n) is 8.72. The molecule has 50 heavy (non-hydrogen) atoms. The Morgan fingerprint density at radius 2 is 1.18 bits per heavy atom. The van der Waals surface area contributed by atoms with Crippen LogP contribution < -0.4 is 0 Å². The van der Waals surface area contributed by atoms with Gasteiger partial charge in [0.15, 0.2) is 0 Å². The average Bonchev–Trinajstić information content (AvgIpc) is 3.81. The largest absolute Gasteiger partial charge is 0.456 e. The third-order valence-corrected chi connectivity index (χ3v) is 13.0. The summed E-state index contributed by atoms with van der Waals surface area (Å²) >= 11 is 0. The second-order valence-corrected chi connectivity index (χ2v) is 16.0. The highest BCUT2D eigenvalue weighted by atomic mass is 32.2. The predicted molar refractivity (Wildman–Crippen MR) is 202 cm³/mol. The summed E-state index contributed by atoms with van der Waals surface area (Å²) in [5.41, 5.74) is 13.8. The minimum atomic E-state index is -3.52. The zero-order chi connectivity index (χ0) is 33.5. The van der Waals surface area contributed by atoms with E-state index >= 15 is 0 Å². The first-order valence-corrected chi connectivity index (χ1v) is 18.4. The summed E-state index contributed by atoms with van der Waals surface area (Å²) in [7, 11) is -3.52. The summed E-state index contributed by atoms with van der Waals surface area (Å²) in [4.78, 5) is 0.741. The van der Waals surface area contributed by atoms with Gasteiger partial charge in [-0.3, -0.25) is 0 Å². The molecular weight excluding hydrogens is 635 g/mol. The Labute approximate surface area is 288 Å². The first-order valence-electron chi connectivity index (χ1n) is 16.9. The van der Waals surface area contributed by atoms with Crippen LogP contribution in [0, 0.1) is 0 Å². The Balaban J connectivity index is 1.11. The predicted octanol–water partition coefficient (Wildman–Crippen LogP) is 11.5. The van der Waals surface area contributed by atoms with Crippen LogP contribution in [0.15, 0.2) is 154 Å². The molecule has 5 heteroatoms. The maximum atomic E-state index is 13.2. The van der Waals surface area contributed by atoms with Crippen LogP contribution in [-0.4, -0.2) is 13.0 Å². The molecule has 4 nitrogen and oxygen atoms in total. The van der Waals surface area contributed by atoms with E-state index < -0.39 is 9.84 Å². The molecule has 7 aromatic carbocycles. The Bertz CT molecular complexity index is 3090. The summed E-state index contributed by atoms with van der Waals surface area (Å²) in [6, 6.07) is 47.9. The fourth-order valence-corrected chi connectivity index (χ4v) is 10.4. The molecular formula is C45H29NO3S. The fraction of sp³-hybridized carbons (Fsp3) is 0.0667. The summed E-state index contributed by atoms with van der Waals surface area (Å²) in [5.74, 6) is 0. The third-order valence-electron chi connectivity index (χ3n) is 11.2. The van der Waals surface area contributed by atoms with Gasteiger partial charge in [-0.25, -0.2) is 8.42 Å². The Kier molecular flexibility index (Phi) is 5.26. The van der Waals surface area contributed by atoms with E-state index in [0.29, 0.717) is 9.79 Å². The topological polar surface area (TPSA) is 52.2 Å². The minimum Gasteiger partial charge on any atom is -0.456 e. The van der Waals surface area contributed by atoms with Gasteiger partial charge in [0, 0.05) is 43.8 Å². The zero-order valence-electron chi connectivity index (χ0n) is 27.4. The molecule has 11 rings (SSSR count). The smallest absolute Gasteiger partial charge is 0.207 e. The Morgan fingerprint density at radius 3 is 2.06 bits per heavy atom. The van der Waals surface area contributed by atoms with Crippen LogP contribution in [0.25, 0.3) is 82.8 Å². The number of para-hydroxylation sites is 1. The van der Waals surface area contributed by atoms with Gasteiger partial charge in [0.25, 0.3) is 0 Å². The Hall–Kier alpha value is -5.91. The molecule has 238 valence electrons. The van der Waals surface area contributed by atoms with Crippen molar-refractivity contribution in [3.8, 4) is 39.1 Å². The summed E-state index contributed by atoms with van der Waals surface area (Å²) in [6.45, 7) is 4.66. The summed E-state index contributed by atoms with van der Waals surface area (Å²) in [5, 5.41) is 4.53. The molecule has 1 aliphatic carbocycles. The highest BCUT2D eigenvalue weighted by Crippen LogP contribution is 2.51. The van der Waals surface area contributed by atoms with E-state index in [9.17, 15) is 8.42 Å². The number of benzene rings is 7. The number of fused-ring (bicyclic) bond motifs is 12. The molecule has 3 heterocycles. The molecule has 2 aliphatic rings. The van der Waals surface area contributed by atoms with Crippen molar-refractivity contribution in [1.29, 1.82) is 0 Å². The lowest BCUT2D eigenvalue weighted by Crippen LogP contribution is -2.14. The van der Waals surface area contributed by atoms with Crippen LogP contribution in [-0.2, 0) is 15.3 Å². The summed E-state index contributed by atoms with van der Waals surface area (Å²) in [6.07, 6.45) is 0. The van der Waals surface area contributed by atoms with E-state index in [1.54, 1.807) is 18.2 Å². The molecule has 0 spiro atoms. The summed E-state index contributed by atoms with van der Waals surface area (Å²) < 4.78 is 35.2. The molecule has 0 bridgehead atoms. The highest BCUT2D eigenvalue weighted by Gasteiger charge is 2.36. The highest BCUT2D eigenvalue weighted by molar-refractivity contribution is 7.92. The van der Waals surface area contributed by atoms with Gasteiger partial charge < -0.3 is 8.98 Å². The first-order chi connectivity index (χ1) is 24.3. The Morgan fingerprint density at radius 1 is 0.500 bits per heavy atom. The lowest BCUT2D eigenvalue weighted by molar-refractivity contribution is 0.598. The number of nitrogens with zero attached hydrogens (tertiary/aromatic N) is 1. The molecule has 2 aromatic heterocycles. The van der Waals surface area contributed by atoms with Gasteiger partial charge in [-0.15, -0.1) is 0 Å². The lowest BCUT2D eigenvalue weighted by atomic mass is 9.82. The van der Waals surface area contributed by atoms with E-state index in [-0.39, 0.29) is 5.41 Å². The first kappa shape index (κ1) is 28.0. The maximum absolute atomic E-state index is 13.2. The quantitative estimate of drug-likeness (QED) is 0.185. The molecule has 0 fully saturated rings. The van der Waals surface area contributed by atoms with Gasteiger partial charge in [0.1, 0.15) is 11.2 Å². The molecule has 9 aromatic rings. The third kappa shape index (κ3) is 3.52. The molecule has 0 amide bonds. The maximum Gasteiger partial charge on any atom is 0.207 e. The molecule has 0 saturated heterocycles. The van der Waals surface area contributed by atoms with Crippen LogP contribution in [0.1, 0.15) is 25.0 Å². The van der Waals surface area contributed by atoms with Gasteiger partial charge in [0.2, 0.25) is 9.84 Å². The van der Waals surface area contributed by atoms with Crippen LogP contribution >= 0.6 is 0 Å². The van der Waals surface area contributed by atoms with Gasteiger partial charge in [0.05, 0.1) is 20.8 Å². The van der Waals surface area contributed by atoms with Crippen molar-refractivity contribution in [3.63, 3.8) is 0 Å². The van der Waals surface area contributed by atoms with Gasteiger partial charge >= 0.3 is 0 Å². The number of rotatable bonds is 2. The van der Waals surface area contributed by atoms with Crippen molar-refractivity contribution >= 4 is 53.6 Å². The minimum absolute atomic E-state index is 0.105. The number of sulfone groups is 1. The zero-order valence-corrected chi connectivity index (χ0v) is 28.2. The van der Waals surface area contributed by atoms with Gasteiger partial charge in [-0.05, 0) is 100 Å². The molecule has 0 unspecified atom stereocenters. The SMILES string of the molecule is CC1(C)c2ccccc2-c2cc3c4ccccc4n(-c4ccc5oc6ccc(-c7ccc8c(c7)-c7ccccc7S8(=O)=O)cc6c5c4)c3cc21. The van der Waals surface area contributed by atoms with E-state index in [1.807, 2.05) is 30.3 Å². The van der Waals surface area contributed by atoms with Crippen LogP contribution in [0.2, 0.25) is 0 Å². The number of hydrogen-bond donors (Lipinski definition) is 0. The number of furan rings is 1. The van der Waals surface area contributed by atoms with E-state index in [2.05, 4.69) is 109 Å². The normalized spacial score (nSPS) is 15.1. The number of aromatic nitrogens is 1. The van der Waals surface area contributed by atoms with Gasteiger partial charge in [-0.1, -0.05) is 86.6 Å². The van der Waals surface area contributed by atoms with Crippen molar-refractivity contribution in [2.45, 2.75) is 29.1 Å².